The predicted molar refractivity (Wildman–Crippen MR) is 77.7 cm³/mol. The monoisotopic (exact) mass is 287 g/mol. The fourth-order valence-corrected chi connectivity index (χ4v) is 2.69. The van der Waals surface area contributed by atoms with Crippen molar-refractivity contribution in [2.45, 2.75) is 4.90 Å². The van der Waals surface area contributed by atoms with Gasteiger partial charge in [-0.15, -0.1) is 0 Å². The average molecular weight is 287 g/mol. The molecule has 0 fully saturated rings. The van der Waals surface area contributed by atoms with Crippen LogP contribution < -0.4 is 4.72 Å². The van der Waals surface area contributed by atoms with E-state index in [-0.39, 0.29) is 11.5 Å². The Morgan fingerprint density at radius 3 is 2.50 bits per heavy atom. The highest BCUT2D eigenvalue weighted by atomic mass is 32.2. The second-order valence-electron chi connectivity index (χ2n) is 3.96. The van der Waals surface area contributed by atoms with E-state index in [4.69, 9.17) is 5.11 Å². The molecule has 0 aliphatic rings. The molecule has 5 heteroatoms. The lowest BCUT2D eigenvalue weighted by atomic mass is 10.2. The van der Waals surface area contributed by atoms with Gasteiger partial charge in [0.1, 0.15) is 6.61 Å². The third kappa shape index (κ3) is 3.60. The molecule has 0 saturated carbocycles. The molecule has 2 rings (SSSR count). The van der Waals surface area contributed by atoms with Crippen molar-refractivity contribution in [3.8, 4) is 11.8 Å². The summed E-state index contributed by atoms with van der Waals surface area (Å²) in [7, 11) is -3.60. The molecule has 102 valence electrons. The summed E-state index contributed by atoms with van der Waals surface area (Å²) >= 11 is 0. The largest absolute Gasteiger partial charge is 0.384 e. The van der Waals surface area contributed by atoms with Gasteiger partial charge in [-0.1, -0.05) is 36.1 Å². The fraction of sp³-hybridized carbons (Fsp3) is 0.0667. The molecule has 0 radical (unpaired) electrons. The highest BCUT2D eigenvalue weighted by molar-refractivity contribution is 7.92. The van der Waals surface area contributed by atoms with Crippen molar-refractivity contribution in [3.63, 3.8) is 0 Å². The Morgan fingerprint density at radius 2 is 1.80 bits per heavy atom. The van der Waals surface area contributed by atoms with Crippen LogP contribution in [-0.4, -0.2) is 20.1 Å². The van der Waals surface area contributed by atoms with E-state index >= 15 is 0 Å². The quantitative estimate of drug-likeness (QED) is 0.846. The van der Waals surface area contributed by atoms with Crippen molar-refractivity contribution >= 4 is 15.7 Å². The Morgan fingerprint density at radius 1 is 1.05 bits per heavy atom. The summed E-state index contributed by atoms with van der Waals surface area (Å²) in [5.41, 5.74) is 1.06. The smallest absolute Gasteiger partial charge is 0.261 e. The number of sulfonamides is 1. The first-order valence-corrected chi connectivity index (χ1v) is 7.38. The van der Waals surface area contributed by atoms with Crippen molar-refractivity contribution in [1.29, 1.82) is 0 Å². The van der Waals surface area contributed by atoms with Gasteiger partial charge in [-0.05, 0) is 30.3 Å². The first-order valence-electron chi connectivity index (χ1n) is 5.89. The van der Waals surface area contributed by atoms with E-state index in [1.807, 2.05) is 0 Å². The molecular formula is C15H13NO3S. The first kappa shape index (κ1) is 14.1. The summed E-state index contributed by atoms with van der Waals surface area (Å²) in [5.74, 6) is 5.24. The summed E-state index contributed by atoms with van der Waals surface area (Å²) in [6.07, 6.45) is 0. The van der Waals surface area contributed by atoms with E-state index in [2.05, 4.69) is 16.6 Å². The van der Waals surface area contributed by atoms with Crippen molar-refractivity contribution in [1.82, 2.24) is 0 Å². The molecule has 0 aliphatic heterocycles. The van der Waals surface area contributed by atoms with Gasteiger partial charge in [0.25, 0.3) is 10.0 Å². The minimum atomic E-state index is -3.60. The van der Waals surface area contributed by atoms with Crippen molar-refractivity contribution in [2.75, 3.05) is 11.3 Å². The molecule has 0 spiro atoms. The molecule has 0 bridgehead atoms. The normalized spacial score (nSPS) is 10.4. The SMILES string of the molecule is O=S(=O)(Nc1cccc(C#CCO)c1)c1ccccc1. The molecule has 0 heterocycles. The average Bonchev–Trinajstić information content (AvgIpc) is 2.46. The number of benzene rings is 2. The summed E-state index contributed by atoms with van der Waals surface area (Å²) in [5, 5.41) is 8.65. The van der Waals surface area contributed by atoms with Crippen LogP contribution in [0.3, 0.4) is 0 Å². The standard InChI is InChI=1S/C15H13NO3S/c17-11-5-7-13-6-4-8-14(12-13)16-20(18,19)15-9-2-1-3-10-15/h1-4,6,8-10,12,16-17H,11H2. The van der Waals surface area contributed by atoms with Crippen LogP contribution in [0.25, 0.3) is 0 Å². The number of hydrogen-bond acceptors (Lipinski definition) is 3. The van der Waals surface area contributed by atoms with Gasteiger partial charge in [-0.3, -0.25) is 4.72 Å². The second-order valence-corrected chi connectivity index (χ2v) is 5.64. The molecule has 4 nitrogen and oxygen atoms in total. The molecule has 2 aromatic carbocycles. The Hall–Kier alpha value is -2.29. The Labute approximate surface area is 118 Å². The van der Waals surface area contributed by atoms with Crippen LogP contribution in [0.4, 0.5) is 5.69 Å². The Bertz CT molecular complexity index is 743. The maximum Gasteiger partial charge on any atom is 0.261 e. The topological polar surface area (TPSA) is 66.4 Å². The second kappa shape index (κ2) is 6.24. The lowest BCUT2D eigenvalue weighted by Crippen LogP contribution is -2.12. The number of aliphatic hydroxyl groups excluding tert-OH is 1. The van der Waals surface area contributed by atoms with E-state index in [1.54, 1.807) is 42.5 Å². The molecule has 2 aromatic rings. The molecule has 0 aliphatic carbocycles. The number of hydrogen-bond donors (Lipinski definition) is 2. The maximum absolute atomic E-state index is 12.1. The van der Waals surface area contributed by atoms with Crippen LogP contribution in [0.2, 0.25) is 0 Å². The number of anilines is 1. The zero-order valence-electron chi connectivity index (χ0n) is 10.6. The molecule has 0 unspecified atom stereocenters. The van der Waals surface area contributed by atoms with Crippen molar-refractivity contribution < 1.29 is 13.5 Å². The summed E-state index contributed by atoms with van der Waals surface area (Å²) in [6, 6.07) is 14.8. The van der Waals surface area contributed by atoms with Crippen LogP contribution in [0.5, 0.6) is 0 Å². The van der Waals surface area contributed by atoms with Gasteiger partial charge in [0, 0.05) is 5.56 Å². The zero-order chi connectivity index (χ0) is 14.4. The van der Waals surface area contributed by atoms with Crippen molar-refractivity contribution in [3.05, 3.63) is 60.2 Å². The first-order chi connectivity index (χ1) is 9.62. The van der Waals surface area contributed by atoms with E-state index in [0.29, 0.717) is 11.3 Å². The lowest BCUT2D eigenvalue weighted by molar-refractivity contribution is 0.350. The van der Waals surface area contributed by atoms with Gasteiger partial charge in [0.15, 0.2) is 0 Å². The third-order valence-electron chi connectivity index (χ3n) is 2.48. The highest BCUT2D eigenvalue weighted by Crippen LogP contribution is 2.16. The third-order valence-corrected chi connectivity index (χ3v) is 3.88. The summed E-state index contributed by atoms with van der Waals surface area (Å²) in [4.78, 5) is 0.201. The Balaban J connectivity index is 2.26. The molecule has 0 saturated heterocycles. The zero-order valence-corrected chi connectivity index (χ0v) is 11.4. The van der Waals surface area contributed by atoms with Crippen LogP contribution in [0, 0.1) is 11.8 Å². The minimum Gasteiger partial charge on any atom is -0.384 e. The highest BCUT2D eigenvalue weighted by Gasteiger charge is 2.13. The van der Waals surface area contributed by atoms with Crippen LogP contribution >= 0.6 is 0 Å². The van der Waals surface area contributed by atoms with Gasteiger partial charge >= 0.3 is 0 Å². The van der Waals surface area contributed by atoms with E-state index in [0.717, 1.165) is 0 Å². The minimum absolute atomic E-state index is 0.201. The van der Waals surface area contributed by atoms with Gasteiger partial charge in [-0.25, -0.2) is 8.42 Å². The van der Waals surface area contributed by atoms with Gasteiger partial charge in [0.2, 0.25) is 0 Å². The van der Waals surface area contributed by atoms with Crippen LogP contribution in [-0.2, 0) is 10.0 Å². The summed E-state index contributed by atoms with van der Waals surface area (Å²) in [6.45, 7) is -0.236. The van der Waals surface area contributed by atoms with Gasteiger partial charge in [0.05, 0.1) is 10.6 Å². The van der Waals surface area contributed by atoms with E-state index in [9.17, 15) is 8.42 Å². The maximum atomic E-state index is 12.1. The summed E-state index contributed by atoms with van der Waals surface area (Å²) < 4.78 is 26.8. The predicted octanol–water partition coefficient (Wildman–Crippen LogP) is 1.83. The van der Waals surface area contributed by atoms with E-state index < -0.39 is 10.0 Å². The number of nitrogens with one attached hydrogen (secondary N) is 1. The van der Waals surface area contributed by atoms with Crippen LogP contribution in [0.1, 0.15) is 5.56 Å². The molecular weight excluding hydrogens is 274 g/mol. The molecule has 0 atom stereocenters. The number of aliphatic hydroxyl groups is 1. The molecule has 0 aromatic heterocycles. The molecule has 2 N–H and O–H groups in total. The Kier molecular flexibility index (Phi) is 4.41. The lowest BCUT2D eigenvalue weighted by Gasteiger charge is -2.08. The van der Waals surface area contributed by atoms with Gasteiger partial charge < -0.3 is 5.11 Å². The molecule has 20 heavy (non-hydrogen) atoms. The number of rotatable bonds is 3. The van der Waals surface area contributed by atoms with Crippen LogP contribution in [0.15, 0.2) is 59.5 Å². The van der Waals surface area contributed by atoms with Crippen molar-refractivity contribution in [2.24, 2.45) is 0 Å². The fourth-order valence-electron chi connectivity index (χ4n) is 1.62. The molecule has 0 amide bonds. The van der Waals surface area contributed by atoms with E-state index in [1.165, 1.54) is 12.1 Å². The van der Waals surface area contributed by atoms with Gasteiger partial charge in [-0.2, -0.15) is 0 Å².